The standard InChI is InChI=1S/C15H19N3O4S2/c1-22-10-6-7-11-13(9-10)23-15(16-11)17-14(19)12-5-3-4-8-18(12)24(2,20)21/h6-7,9,12H,3-5,8H2,1-2H3,(H,16,17,19). The Bertz CT molecular complexity index is 863. The third-order valence-corrected chi connectivity index (χ3v) is 6.23. The summed E-state index contributed by atoms with van der Waals surface area (Å²) >= 11 is 1.34. The minimum atomic E-state index is -3.41. The topological polar surface area (TPSA) is 88.6 Å². The van der Waals surface area contributed by atoms with Crippen LogP contribution in [0.2, 0.25) is 0 Å². The van der Waals surface area contributed by atoms with Gasteiger partial charge >= 0.3 is 0 Å². The van der Waals surface area contributed by atoms with Gasteiger partial charge in [0.1, 0.15) is 11.8 Å². The summed E-state index contributed by atoms with van der Waals surface area (Å²) in [4.78, 5) is 16.9. The summed E-state index contributed by atoms with van der Waals surface area (Å²) in [5, 5.41) is 3.22. The second-order valence-corrected chi connectivity index (χ2v) is 8.69. The molecule has 1 atom stereocenters. The van der Waals surface area contributed by atoms with E-state index < -0.39 is 16.1 Å². The van der Waals surface area contributed by atoms with E-state index in [0.717, 1.165) is 35.1 Å². The van der Waals surface area contributed by atoms with Gasteiger partial charge in [0.2, 0.25) is 15.9 Å². The fourth-order valence-corrected chi connectivity index (χ4v) is 4.86. The lowest BCUT2D eigenvalue weighted by atomic mass is 10.0. The van der Waals surface area contributed by atoms with Crippen LogP contribution >= 0.6 is 11.3 Å². The number of hydrogen-bond donors (Lipinski definition) is 1. The number of anilines is 1. The third kappa shape index (κ3) is 3.52. The smallest absolute Gasteiger partial charge is 0.244 e. The molecule has 0 aliphatic carbocycles. The van der Waals surface area contributed by atoms with Gasteiger partial charge in [-0.15, -0.1) is 0 Å². The van der Waals surface area contributed by atoms with Gasteiger partial charge in [-0.05, 0) is 31.0 Å². The monoisotopic (exact) mass is 369 g/mol. The maximum Gasteiger partial charge on any atom is 0.244 e. The number of methoxy groups -OCH3 is 1. The SMILES string of the molecule is COc1ccc2nc(NC(=O)C3CCCCN3S(C)(=O)=O)sc2c1. The summed E-state index contributed by atoms with van der Waals surface area (Å²) in [5.74, 6) is 0.394. The van der Waals surface area contributed by atoms with Gasteiger partial charge in [-0.25, -0.2) is 13.4 Å². The lowest BCUT2D eigenvalue weighted by Crippen LogP contribution is -2.49. The maximum absolute atomic E-state index is 12.5. The van der Waals surface area contributed by atoms with Crippen molar-refractivity contribution in [1.82, 2.24) is 9.29 Å². The molecule has 0 spiro atoms. The first-order valence-electron chi connectivity index (χ1n) is 7.61. The molecule has 1 aromatic heterocycles. The number of nitrogens with one attached hydrogen (secondary N) is 1. The predicted octanol–water partition coefficient (Wildman–Crippen LogP) is 2.06. The Morgan fingerprint density at radius 3 is 2.92 bits per heavy atom. The van der Waals surface area contributed by atoms with Gasteiger partial charge in [0, 0.05) is 6.54 Å². The number of aromatic nitrogens is 1. The van der Waals surface area contributed by atoms with E-state index in [1.165, 1.54) is 15.6 Å². The molecule has 1 unspecified atom stereocenters. The van der Waals surface area contributed by atoms with Gasteiger partial charge in [-0.2, -0.15) is 4.31 Å². The van der Waals surface area contributed by atoms with Gasteiger partial charge in [0.05, 0.1) is 23.6 Å². The summed E-state index contributed by atoms with van der Waals surface area (Å²) in [6, 6.07) is 4.81. The average Bonchev–Trinajstić information content (AvgIpc) is 2.95. The van der Waals surface area contributed by atoms with Crippen LogP contribution in [0.1, 0.15) is 19.3 Å². The van der Waals surface area contributed by atoms with Gasteiger partial charge < -0.3 is 10.1 Å². The first-order valence-corrected chi connectivity index (χ1v) is 10.3. The summed E-state index contributed by atoms with van der Waals surface area (Å²) in [7, 11) is -1.82. The molecule has 130 valence electrons. The van der Waals surface area contributed by atoms with E-state index in [-0.39, 0.29) is 5.91 Å². The number of fused-ring (bicyclic) bond motifs is 1. The highest BCUT2D eigenvalue weighted by molar-refractivity contribution is 7.88. The molecule has 1 N–H and O–H groups in total. The van der Waals surface area contributed by atoms with E-state index in [9.17, 15) is 13.2 Å². The Kier molecular flexibility index (Phi) is 4.75. The van der Waals surface area contributed by atoms with Crippen LogP contribution in [-0.2, 0) is 14.8 Å². The molecule has 2 heterocycles. The zero-order valence-corrected chi connectivity index (χ0v) is 15.1. The molecule has 3 rings (SSSR count). The minimum absolute atomic E-state index is 0.328. The Balaban J connectivity index is 1.80. The second-order valence-electron chi connectivity index (χ2n) is 5.73. The fraction of sp³-hybridized carbons (Fsp3) is 0.467. The molecular formula is C15H19N3O4S2. The number of thiazole rings is 1. The zero-order chi connectivity index (χ0) is 17.3. The van der Waals surface area contributed by atoms with E-state index in [0.29, 0.717) is 18.1 Å². The molecule has 1 aliphatic rings. The zero-order valence-electron chi connectivity index (χ0n) is 13.5. The molecule has 1 saturated heterocycles. The van der Waals surface area contributed by atoms with Gasteiger partial charge in [-0.3, -0.25) is 4.79 Å². The molecule has 0 bridgehead atoms. The minimum Gasteiger partial charge on any atom is -0.497 e. The first-order chi connectivity index (χ1) is 11.4. The van der Waals surface area contributed by atoms with E-state index in [4.69, 9.17) is 4.74 Å². The number of benzene rings is 1. The van der Waals surface area contributed by atoms with Crippen LogP contribution in [0.3, 0.4) is 0 Å². The second kappa shape index (κ2) is 6.66. The van der Waals surface area contributed by atoms with E-state index in [2.05, 4.69) is 10.3 Å². The number of carbonyl (C=O) groups excluding carboxylic acids is 1. The number of amides is 1. The van der Waals surface area contributed by atoms with Crippen LogP contribution in [-0.4, -0.2) is 49.6 Å². The van der Waals surface area contributed by atoms with Crippen molar-refractivity contribution in [3.63, 3.8) is 0 Å². The normalized spacial score (nSPS) is 19.3. The van der Waals surface area contributed by atoms with Crippen molar-refractivity contribution in [3.8, 4) is 5.75 Å². The van der Waals surface area contributed by atoms with Crippen molar-refractivity contribution >= 4 is 42.6 Å². The van der Waals surface area contributed by atoms with Crippen LogP contribution in [0.25, 0.3) is 10.2 Å². The predicted molar refractivity (Wildman–Crippen MR) is 94.0 cm³/mol. The van der Waals surface area contributed by atoms with Crippen LogP contribution in [0.5, 0.6) is 5.75 Å². The molecule has 1 fully saturated rings. The highest BCUT2D eigenvalue weighted by Gasteiger charge is 2.34. The number of nitrogens with zero attached hydrogens (tertiary/aromatic N) is 2. The summed E-state index contributed by atoms with van der Waals surface area (Å²) in [6.45, 7) is 0.383. The van der Waals surface area contributed by atoms with Gasteiger partial charge in [0.25, 0.3) is 0 Å². The van der Waals surface area contributed by atoms with Crippen molar-refractivity contribution in [2.75, 3.05) is 25.2 Å². The summed E-state index contributed by atoms with van der Waals surface area (Å²) < 4.78 is 31.1. The average molecular weight is 369 g/mol. The van der Waals surface area contributed by atoms with Crippen molar-refractivity contribution < 1.29 is 17.9 Å². The molecule has 7 nitrogen and oxygen atoms in total. The highest BCUT2D eigenvalue weighted by Crippen LogP contribution is 2.30. The van der Waals surface area contributed by atoms with Crippen molar-refractivity contribution in [3.05, 3.63) is 18.2 Å². The van der Waals surface area contributed by atoms with E-state index in [1.54, 1.807) is 13.2 Å². The van der Waals surface area contributed by atoms with E-state index >= 15 is 0 Å². The fourth-order valence-electron chi connectivity index (χ4n) is 2.84. The van der Waals surface area contributed by atoms with Crippen molar-refractivity contribution in [2.24, 2.45) is 0 Å². The van der Waals surface area contributed by atoms with Crippen LogP contribution < -0.4 is 10.1 Å². The number of carbonyl (C=O) groups is 1. The number of ether oxygens (including phenoxy) is 1. The molecule has 0 radical (unpaired) electrons. The van der Waals surface area contributed by atoms with Crippen LogP contribution in [0.15, 0.2) is 18.2 Å². The lowest BCUT2D eigenvalue weighted by molar-refractivity contribution is -0.120. The molecular weight excluding hydrogens is 350 g/mol. The van der Waals surface area contributed by atoms with E-state index in [1.807, 2.05) is 12.1 Å². The largest absolute Gasteiger partial charge is 0.497 e. The molecule has 1 aliphatic heterocycles. The lowest BCUT2D eigenvalue weighted by Gasteiger charge is -2.32. The summed E-state index contributed by atoms with van der Waals surface area (Å²) in [6.07, 6.45) is 3.28. The number of sulfonamides is 1. The molecule has 1 aromatic carbocycles. The molecule has 0 saturated carbocycles. The highest BCUT2D eigenvalue weighted by atomic mass is 32.2. The third-order valence-electron chi connectivity index (χ3n) is 4.01. The number of hydrogen-bond acceptors (Lipinski definition) is 6. The number of piperidine rings is 1. The van der Waals surface area contributed by atoms with Crippen LogP contribution in [0, 0.1) is 0 Å². The number of rotatable bonds is 4. The quantitative estimate of drug-likeness (QED) is 0.891. The molecule has 9 heteroatoms. The molecule has 1 amide bonds. The Morgan fingerprint density at radius 1 is 1.42 bits per heavy atom. The van der Waals surface area contributed by atoms with Gasteiger partial charge in [-0.1, -0.05) is 17.8 Å². The Labute approximate surface area is 144 Å². The van der Waals surface area contributed by atoms with Crippen LogP contribution in [0.4, 0.5) is 5.13 Å². The van der Waals surface area contributed by atoms with Crippen molar-refractivity contribution in [1.29, 1.82) is 0 Å². The van der Waals surface area contributed by atoms with Crippen molar-refractivity contribution in [2.45, 2.75) is 25.3 Å². The molecule has 2 aromatic rings. The first kappa shape index (κ1) is 17.1. The Morgan fingerprint density at radius 2 is 2.21 bits per heavy atom. The van der Waals surface area contributed by atoms with Gasteiger partial charge in [0.15, 0.2) is 5.13 Å². The molecule has 24 heavy (non-hydrogen) atoms. The Hall–Kier alpha value is -1.71. The summed E-state index contributed by atoms with van der Waals surface area (Å²) in [5.41, 5.74) is 0.764. The maximum atomic E-state index is 12.5.